The van der Waals surface area contributed by atoms with Crippen molar-refractivity contribution in [1.29, 1.82) is 0 Å². The number of hydrogen-bond donors (Lipinski definition) is 7. The Hall–Kier alpha value is -3.48. The Morgan fingerprint density at radius 3 is 2.24 bits per heavy atom. The average molecular weight is 469 g/mol. The van der Waals surface area contributed by atoms with Gasteiger partial charge < -0.3 is 36.9 Å². The summed E-state index contributed by atoms with van der Waals surface area (Å²) < 4.78 is 0. The summed E-state index contributed by atoms with van der Waals surface area (Å²) in [6.07, 6.45) is 2.88. The molecule has 0 radical (unpaired) electrons. The normalized spacial score (nSPS) is 15.4. The van der Waals surface area contributed by atoms with Crippen molar-refractivity contribution in [1.82, 2.24) is 25.9 Å². The quantitative estimate of drug-likeness (QED) is 0.173. The lowest BCUT2D eigenvalue weighted by Crippen LogP contribution is -2.58. The van der Waals surface area contributed by atoms with Gasteiger partial charge in [0, 0.05) is 24.7 Å². The first-order chi connectivity index (χ1) is 15.5. The maximum Gasteiger partial charge on any atom is 0.325 e. The van der Waals surface area contributed by atoms with Gasteiger partial charge in [0.2, 0.25) is 17.7 Å². The molecular weight excluding hydrogens is 436 g/mol. The first-order valence-electron chi connectivity index (χ1n) is 10.5. The molecule has 1 heterocycles. The summed E-state index contributed by atoms with van der Waals surface area (Å²) in [5, 5.41) is 25.3. The van der Waals surface area contributed by atoms with E-state index in [1.807, 2.05) is 0 Å². The molecule has 0 aromatic carbocycles. The van der Waals surface area contributed by atoms with E-state index < -0.39 is 60.2 Å². The van der Waals surface area contributed by atoms with Crippen LogP contribution in [0.15, 0.2) is 12.5 Å². The van der Waals surface area contributed by atoms with Crippen molar-refractivity contribution in [3.63, 3.8) is 0 Å². The number of imidazole rings is 1. The van der Waals surface area contributed by atoms with Gasteiger partial charge in [-0.15, -0.1) is 0 Å². The van der Waals surface area contributed by atoms with Crippen LogP contribution in [-0.2, 0) is 30.4 Å². The minimum absolute atomic E-state index is 0.115. The number of carbonyl (C=O) groups excluding carboxylic acids is 3. The number of carboxylic acids is 2. The molecule has 0 spiro atoms. The summed E-state index contributed by atoms with van der Waals surface area (Å²) in [4.78, 5) is 66.7. The molecule has 5 unspecified atom stereocenters. The van der Waals surface area contributed by atoms with Gasteiger partial charge in [-0.25, -0.2) is 4.98 Å². The molecule has 1 aromatic heterocycles. The van der Waals surface area contributed by atoms with Crippen LogP contribution >= 0.6 is 0 Å². The number of aromatic amines is 1. The Bertz CT molecular complexity index is 829. The van der Waals surface area contributed by atoms with Crippen LogP contribution in [0.3, 0.4) is 0 Å². The summed E-state index contributed by atoms with van der Waals surface area (Å²) in [7, 11) is 0. The number of nitrogens with one attached hydrogen (secondary N) is 4. The highest BCUT2D eigenvalue weighted by Crippen LogP contribution is 2.10. The Kier molecular flexibility index (Phi) is 11.0. The van der Waals surface area contributed by atoms with Crippen molar-refractivity contribution in [3.8, 4) is 0 Å². The Labute approximate surface area is 190 Å². The second kappa shape index (κ2) is 13.2. The smallest absolute Gasteiger partial charge is 0.325 e. The van der Waals surface area contributed by atoms with Gasteiger partial charge in [-0.2, -0.15) is 0 Å². The van der Waals surface area contributed by atoms with Gasteiger partial charge in [0.1, 0.15) is 18.1 Å². The van der Waals surface area contributed by atoms with E-state index in [0.29, 0.717) is 12.1 Å². The van der Waals surface area contributed by atoms with E-state index in [-0.39, 0.29) is 18.8 Å². The molecule has 0 saturated heterocycles. The van der Waals surface area contributed by atoms with E-state index in [9.17, 15) is 24.0 Å². The topological polar surface area (TPSA) is 217 Å². The van der Waals surface area contributed by atoms with Crippen LogP contribution in [0.25, 0.3) is 0 Å². The molecule has 33 heavy (non-hydrogen) atoms. The molecule has 0 aliphatic carbocycles. The first-order valence-corrected chi connectivity index (χ1v) is 10.5. The average Bonchev–Trinajstić information content (AvgIpc) is 3.26. The molecule has 8 N–H and O–H groups in total. The van der Waals surface area contributed by atoms with Gasteiger partial charge in [0.15, 0.2) is 0 Å². The summed E-state index contributed by atoms with van der Waals surface area (Å²) in [5.41, 5.74) is 6.49. The van der Waals surface area contributed by atoms with Gasteiger partial charge in [-0.1, -0.05) is 20.3 Å². The number of H-pyrrole nitrogens is 1. The second-order valence-corrected chi connectivity index (χ2v) is 7.82. The van der Waals surface area contributed by atoms with Crippen LogP contribution in [-0.4, -0.2) is 74.0 Å². The summed E-state index contributed by atoms with van der Waals surface area (Å²) in [5.74, 6) is -4.94. The van der Waals surface area contributed by atoms with E-state index in [2.05, 4.69) is 25.9 Å². The number of amides is 3. The van der Waals surface area contributed by atoms with Crippen molar-refractivity contribution in [2.75, 3.05) is 0 Å². The molecule has 13 heteroatoms. The number of hydrogen-bond acceptors (Lipinski definition) is 7. The van der Waals surface area contributed by atoms with Crippen molar-refractivity contribution in [2.24, 2.45) is 11.7 Å². The molecule has 0 aliphatic rings. The zero-order valence-corrected chi connectivity index (χ0v) is 18.8. The number of carbonyl (C=O) groups is 5. The minimum Gasteiger partial charge on any atom is -0.481 e. The number of aromatic nitrogens is 2. The summed E-state index contributed by atoms with van der Waals surface area (Å²) in [6, 6.07) is -4.57. The molecule has 5 atom stereocenters. The highest BCUT2D eigenvalue weighted by molar-refractivity contribution is 5.94. The van der Waals surface area contributed by atoms with E-state index in [1.54, 1.807) is 13.8 Å². The molecule has 0 fully saturated rings. The standard InChI is InChI=1S/C20H32N6O7/c1-4-10(2)16(19(31)24-11(3)20(32)33)26-18(30)14(5-6-15(27)28)25-17(29)13(21)7-12-8-22-9-23-12/h8-11,13-14,16H,4-7,21H2,1-3H3,(H,22,23)(H,24,31)(H,25,29)(H,26,30)(H,27,28)(H,32,33). The number of aliphatic carboxylic acids is 2. The zero-order chi connectivity index (χ0) is 25.1. The predicted octanol–water partition coefficient (Wildman–Crippen LogP) is -1.25. The first kappa shape index (κ1) is 27.6. The van der Waals surface area contributed by atoms with Crippen molar-refractivity contribution in [3.05, 3.63) is 18.2 Å². The van der Waals surface area contributed by atoms with Crippen LogP contribution in [0.2, 0.25) is 0 Å². The Balaban J connectivity index is 2.94. The molecule has 13 nitrogen and oxygen atoms in total. The van der Waals surface area contributed by atoms with Crippen molar-refractivity contribution in [2.45, 2.75) is 70.6 Å². The molecule has 0 bridgehead atoms. The van der Waals surface area contributed by atoms with Gasteiger partial charge in [0.05, 0.1) is 12.4 Å². The van der Waals surface area contributed by atoms with Gasteiger partial charge in [0.25, 0.3) is 0 Å². The van der Waals surface area contributed by atoms with Crippen LogP contribution in [0.5, 0.6) is 0 Å². The molecule has 0 saturated carbocycles. The highest BCUT2D eigenvalue weighted by Gasteiger charge is 2.32. The van der Waals surface area contributed by atoms with E-state index in [4.69, 9.17) is 15.9 Å². The highest BCUT2D eigenvalue weighted by atomic mass is 16.4. The van der Waals surface area contributed by atoms with Crippen molar-refractivity contribution >= 4 is 29.7 Å². The SMILES string of the molecule is CCC(C)C(NC(=O)C(CCC(=O)O)NC(=O)C(N)Cc1cnc[nH]1)C(=O)NC(C)C(=O)O. The summed E-state index contributed by atoms with van der Waals surface area (Å²) >= 11 is 0. The second-order valence-electron chi connectivity index (χ2n) is 7.82. The van der Waals surface area contributed by atoms with Gasteiger partial charge in [-0.05, 0) is 19.3 Å². The zero-order valence-electron chi connectivity index (χ0n) is 18.8. The lowest BCUT2D eigenvalue weighted by molar-refractivity contribution is -0.142. The van der Waals surface area contributed by atoms with E-state index >= 15 is 0 Å². The maximum absolute atomic E-state index is 12.9. The van der Waals surface area contributed by atoms with Gasteiger partial charge in [-0.3, -0.25) is 24.0 Å². The Morgan fingerprint density at radius 2 is 1.73 bits per heavy atom. The molecular formula is C20H32N6O7. The van der Waals surface area contributed by atoms with Crippen LogP contribution in [0, 0.1) is 5.92 Å². The van der Waals surface area contributed by atoms with E-state index in [1.165, 1.54) is 19.4 Å². The number of nitrogens with two attached hydrogens (primary N) is 1. The molecule has 184 valence electrons. The molecule has 1 aromatic rings. The Morgan fingerprint density at radius 1 is 1.06 bits per heavy atom. The fourth-order valence-electron chi connectivity index (χ4n) is 2.86. The van der Waals surface area contributed by atoms with Crippen LogP contribution in [0.4, 0.5) is 0 Å². The third-order valence-electron chi connectivity index (χ3n) is 5.13. The monoisotopic (exact) mass is 468 g/mol. The third kappa shape index (κ3) is 9.27. The summed E-state index contributed by atoms with van der Waals surface area (Å²) in [6.45, 7) is 4.77. The fraction of sp³-hybridized carbons (Fsp3) is 0.600. The van der Waals surface area contributed by atoms with Gasteiger partial charge >= 0.3 is 11.9 Å². The molecule has 1 rings (SSSR count). The van der Waals surface area contributed by atoms with Crippen LogP contribution in [0.1, 0.15) is 45.7 Å². The lowest BCUT2D eigenvalue weighted by atomic mass is 9.97. The van der Waals surface area contributed by atoms with E-state index in [0.717, 1.165) is 0 Å². The lowest BCUT2D eigenvalue weighted by Gasteiger charge is -2.27. The molecule has 0 aliphatic heterocycles. The predicted molar refractivity (Wildman–Crippen MR) is 116 cm³/mol. The third-order valence-corrected chi connectivity index (χ3v) is 5.13. The maximum atomic E-state index is 12.9. The number of nitrogens with zero attached hydrogens (tertiary/aromatic N) is 1. The minimum atomic E-state index is -1.27. The molecule has 3 amide bonds. The number of rotatable bonds is 14. The largest absolute Gasteiger partial charge is 0.481 e. The number of carboxylic acid groups (broad SMARTS) is 2. The fourth-order valence-corrected chi connectivity index (χ4v) is 2.86. The van der Waals surface area contributed by atoms with Crippen LogP contribution < -0.4 is 21.7 Å². The van der Waals surface area contributed by atoms with Crippen molar-refractivity contribution < 1.29 is 34.2 Å².